The van der Waals surface area contributed by atoms with E-state index in [1.54, 1.807) is 0 Å². The molecule has 0 spiro atoms. The Kier molecular flexibility index (Phi) is 2.97. The lowest BCUT2D eigenvalue weighted by Crippen LogP contribution is -2.14. The molecule has 1 rings (SSSR count). The van der Waals surface area contributed by atoms with Gasteiger partial charge in [0.05, 0.1) is 13.5 Å². The van der Waals surface area contributed by atoms with Crippen molar-refractivity contribution in [3.63, 3.8) is 0 Å². The van der Waals surface area contributed by atoms with E-state index in [9.17, 15) is 9.59 Å². The number of Topliss-reactive ketones (excluding diaryl/α,β-unsaturated/α-hetero) is 1. The van der Waals surface area contributed by atoms with Crippen molar-refractivity contribution in [2.75, 3.05) is 7.11 Å². The molecular weight excluding hydrogens is 194 g/mol. The van der Waals surface area contributed by atoms with E-state index in [0.717, 1.165) is 11.3 Å². The van der Waals surface area contributed by atoms with E-state index < -0.39 is 11.8 Å². The molecule has 0 aromatic carbocycles. The maximum absolute atomic E-state index is 10.7. The molecule has 0 saturated heterocycles. The summed E-state index contributed by atoms with van der Waals surface area (Å²) in [5.74, 6) is -2.27. The first kappa shape index (κ1) is 9.66. The van der Waals surface area contributed by atoms with Crippen LogP contribution in [-0.4, -0.2) is 29.0 Å². The number of carbonyl (C=O) groups is 2. The van der Waals surface area contributed by atoms with Crippen molar-refractivity contribution >= 4 is 23.1 Å². The lowest BCUT2D eigenvalue weighted by molar-refractivity contribution is -0.148. The number of hydrogen-bond donors (Lipinski definition) is 1. The summed E-state index contributed by atoms with van der Waals surface area (Å²) in [5, 5.41) is 8.73. The minimum absolute atomic E-state index is 0.129. The predicted octanol–water partition coefficient (Wildman–Crippen LogP) is 0.348. The van der Waals surface area contributed by atoms with E-state index in [4.69, 9.17) is 9.84 Å². The van der Waals surface area contributed by atoms with Gasteiger partial charge >= 0.3 is 5.97 Å². The summed E-state index contributed by atoms with van der Waals surface area (Å²) in [6, 6.07) is 0. The van der Waals surface area contributed by atoms with E-state index in [0.29, 0.717) is 10.1 Å². The Morgan fingerprint density at radius 3 is 2.85 bits per heavy atom. The summed E-state index contributed by atoms with van der Waals surface area (Å²) in [4.78, 5) is 25.3. The van der Waals surface area contributed by atoms with Crippen molar-refractivity contribution in [2.45, 2.75) is 6.42 Å². The Labute approximate surface area is 78.0 Å². The minimum Gasteiger partial charge on any atom is -0.475 e. The van der Waals surface area contributed by atoms with Crippen molar-refractivity contribution < 1.29 is 19.4 Å². The van der Waals surface area contributed by atoms with Gasteiger partial charge < -0.3 is 9.84 Å². The highest BCUT2D eigenvalue weighted by Gasteiger charge is 2.14. The number of aromatic nitrogens is 1. The molecule has 1 aromatic rings. The van der Waals surface area contributed by atoms with Crippen LogP contribution in [0.15, 0.2) is 6.20 Å². The average Bonchev–Trinajstić information content (AvgIpc) is 2.52. The van der Waals surface area contributed by atoms with Gasteiger partial charge in [-0.05, 0) is 0 Å². The number of carbonyl (C=O) groups excluding carboxylic acids is 1. The van der Waals surface area contributed by atoms with Crippen molar-refractivity contribution in [1.82, 2.24) is 4.98 Å². The fourth-order valence-corrected chi connectivity index (χ4v) is 1.42. The second kappa shape index (κ2) is 3.99. The van der Waals surface area contributed by atoms with Gasteiger partial charge in [-0.3, -0.25) is 4.79 Å². The Morgan fingerprint density at radius 1 is 1.69 bits per heavy atom. The average molecular weight is 201 g/mol. The number of hydrogen-bond acceptors (Lipinski definition) is 5. The highest BCUT2D eigenvalue weighted by molar-refractivity contribution is 7.13. The molecule has 0 aliphatic carbocycles. The van der Waals surface area contributed by atoms with Gasteiger partial charge in [-0.2, -0.15) is 0 Å². The molecule has 0 saturated carbocycles. The molecule has 0 aliphatic rings. The van der Waals surface area contributed by atoms with Crippen LogP contribution in [0.1, 0.15) is 4.88 Å². The molecule has 0 fully saturated rings. The van der Waals surface area contributed by atoms with Crippen LogP contribution < -0.4 is 4.74 Å². The number of aliphatic carboxylic acids is 1. The van der Waals surface area contributed by atoms with Crippen LogP contribution in [0.5, 0.6) is 5.19 Å². The van der Waals surface area contributed by atoms with Crippen LogP contribution in [0.2, 0.25) is 0 Å². The molecule has 0 aliphatic heterocycles. The molecule has 1 heterocycles. The molecule has 0 unspecified atom stereocenters. The minimum atomic E-state index is -1.42. The zero-order valence-corrected chi connectivity index (χ0v) is 7.63. The number of carboxylic acid groups (broad SMARTS) is 1. The molecule has 0 amide bonds. The van der Waals surface area contributed by atoms with Gasteiger partial charge in [0.25, 0.3) is 5.19 Å². The number of rotatable bonds is 4. The second-order valence-corrected chi connectivity index (χ2v) is 3.28. The van der Waals surface area contributed by atoms with Gasteiger partial charge in [-0.25, -0.2) is 9.78 Å². The lowest BCUT2D eigenvalue weighted by Gasteiger charge is -1.89. The van der Waals surface area contributed by atoms with Gasteiger partial charge in [0.2, 0.25) is 5.78 Å². The fourth-order valence-electron chi connectivity index (χ4n) is 0.700. The Balaban J connectivity index is 2.64. The summed E-state index contributed by atoms with van der Waals surface area (Å²) in [7, 11) is 1.46. The van der Waals surface area contributed by atoms with Crippen molar-refractivity contribution in [1.29, 1.82) is 0 Å². The standard InChI is InChI=1S/C7H7NO4S/c1-12-7-8-3-4(13-7)2-5(9)6(10)11/h3H,2H2,1H3,(H,10,11). The van der Waals surface area contributed by atoms with Gasteiger partial charge in [0.15, 0.2) is 0 Å². The molecule has 70 valence electrons. The number of ketones is 1. The van der Waals surface area contributed by atoms with Gasteiger partial charge in [-0.15, -0.1) is 0 Å². The Hall–Kier alpha value is -1.43. The molecule has 0 bridgehead atoms. The third kappa shape index (κ3) is 2.51. The van der Waals surface area contributed by atoms with E-state index in [2.05, 4.69) is 4.98 Å². The first-order valence-corrected chi connectivity index (χ1v) is 4.20. The maximum atomic E-state index is 10.7. The molecule has 1 aromatic heterocycles. The lowest BCUT2D eigenvalue weighted by atomic mass is 10.3. The third-order valence-electron chi connectivity index (χ3n) is 1.28. The first-order chi connectivity index (χ1) is 6.13. The monoisotopic (exact) mass is 201 g/mol. The third-order valence-corrected chi connectivity index (χ3v) is 2.24. The zero-order chi connectivity index (χ0) is 9.84. The molecular formula is C7H7NO4S. The highest BCUT2D eigenvalue weighted by Crippen LogP contribution is 2.20. The summed E-state index contributed by atoms with van der Waals surface area (Å²) >= 11 is 1.16. The Morgan fingerprint density at radius 2 is 2.38 bits per heavy atom. The van der Waals surface area contributed by atoms with Crippen LogP contribution in [0, 0.1) is 0 Å². The number of nitrogens with zero attached hydrogens (tertiary/aromatic N) is 1. The quantitative estimate of drug-likeness (QED) is 0.711. The van der Waals surface area contributed by atoms with Crippen LogP contribution in [-0.2, 0) is 16.0 Å². The van der Waals surface area contributed by atoms with Crippen molar-refractivity contribution in [3.8, 4) is 5.19 Å². The van der Waals surface area contributed by atoms with E-state index in [-0.39, 0.29) is 6.42 Å². The summed E-state index contributed by atoms with van der Waals surface area (Å²) in [6.07, 6.45) is 1.31. The maximum Gasteiger partial charge on any atom is 0.372 e. The number of thiazole rings is 1. The zero-order valence-electron chi connectivity index (χ0n) is 6.81. The smallest absolute Gasteiger partial charge is 0.372 e. The molecule has 0 radical (unpaired) electrons. The van der Waals surface area contributed by atoms with Gasteiger partial charge in [0.1, 0.15) is 0 Å². The highest BCUT2D eigenvalue weighted by atomic mass is 32.1. The predicted molar refractivity (Wildman–Crippen MR) is 45.0 cm³/mol. The second-order valence-electron chi connectivity index (χ2n) is 2.20. The molecule has 6 heteroatoms. The summed E-state index contributed by atoms with van der Waals surface area (Å²) in [6.45, 7) is 0. The topological polar surface area (TPSA) is 76.5 Å². The van der Waals surface area contributed by atoms with E-state index in [1.807, 2.05) is 0 Å². The van der Waals surface area contributed by atoms with Gasteiger partial charge in [-0.1, -0.05) is 11.3 Å². The van der Waals surface area contributed by atoms with Gasteiger partial charge in [0, 0.05) is 11.1 Å². The molecule has 5 nitrogen and oxygen atoms in total. The van der Waals surface area contributed by atoms with E-state index in [1.165, 1.54) is 13.3 Å². The number of ether oxygens (including phenoxy) is 1. The SMILES string of the molecule is COc1ncc(CC(=O)C(=O)O)s1. The first-order valence-electron chi connectivity index (χ1n) is 3.38. The van der Waals surface area contributed by atoms with E-state index >= 15 is 0 Å². The molecule has 13 heavy (non-hydrogen) atoms. The van der Waals surface area contributed by atoms with Crippen molar-refractivity contribution in [2.24, 2.45) is 0 Å². The normalized spacial score (nSPS) is 9.62. The Bertz CT molecular complexity index is 333. The summed E-state index contributed by atoms with van der Waals surface area (Å²) in [5.41, 5.74) is 0. The van der Waals surface area contributed by atoms with Crippen LogP contribution in [0.4, 0.5) is 0 Å². The fraction of sp³-hybridized carbons (Fsp3) is 0.286. The number of methoxy groups -OCH3 is 1. The number of carboxylic acids is 1. The van der Waals surface area contributed by atoms with Crippen LogP contribution >= 0.6 is 11.3 Å². The molecule has 0 atom stereocenters. The largest absolute Gasteiger partial charge is 0.475 e. The van der Waals surface area contributed by atoms with Crippen molar-refractivity contribution in [3.05, 3.63) is 11.1 Å². The summed E-state index contributed by atoms with van der Waals surface area (Å²) < 4.78 is 4.79. The molecule has 1 N–H and O–H groups in total. The van der Waals surface area contributed by atoms with Crippen LogP contribution in [0.3, 0.4) is 0 Å². The van der Waals surface area contributed by atoms with Crippen LogP contribution in [0.25, 0.3) is 0 Å².